The Kier molecular flexibility index (Phi) is 4.69. The average Bonchev–Trinajstić information content (AvgIpc) is 2.73. The number of carbonyl (C=O) groups excluding carboxylic acids is 1. The van der Waals surface area contributed by atoms with Crippen LogP contribution in [0.15, 0.2) is 71.7 Å². The molecule has 0 bridgehead atoms. The van der Waals surface area contributed by atoms with Crippen molar-refractivity contribution >= 4 is 5.91 Å². The van der Waals surface area contributed by atoms with Crippen LogP contribution in [-0.2, 0) is 6.42 Å². The van der Waals surface area contributed by atoms with E-state index in [-0.39, 0.29) is 23.7 Å². The van der Waals surface area contributed by atoms with Crippen molar-refractivity contribution in [1.29, 1.82) is 0 Å². The van der Waals surface area contributed by atoms with Gasteiger partial charge in [-0.1, -0.05) is 60.7 Å². The van der Waals surface area contributed by atoms with Gasteiger partial charge in [-0.3, -0.25) is 14.3 Å². The highest BCUT2D eigenvalue weighted by Crippen LogP contribution is 2.32. The number of carbonyl (C=O) groups is 1. The van der Waals surface area contributed by atoms with Crippen molar-refractivity contribution in [3.8, 4) is 5.75 Å². The van der Waals surface area contributed by atoms with Gasteiger partial charge in [-0.2, -0.15) is 5.10 Å². The van der Waals surface area contributed by atoms with E-state index >= 15 is 0 Å². The topological polar surface area (TPSA) is 75.4 Å². The van der Waals surface area contributed by atoms with Crippen LogP contribution in [0.3, 0.4) is 0 Å². The SMILES string of the molecule is C[C@@H](c1ccccc1)N1C[C@@H](Cc2ccccc2)n2ncc(=O)c(O)c2C1=O. The predicted molar refractivity (Wildman–Crippen MR) is 105 cm³/mol. The summed E-state index contributed by atoms with van der Waals surface area (Å²) in [4.78, 5) is 26.8. The third-order valence-electron chi connectivity index (χ3n) is 5.27. The van der Waals surface area contributed by atoms with Crippen molar-refractivity contribution in [2.45, 2.75) is 25.4 Å². The minimum Gasteiger partial charge on any atom is -0.502 e. The fraction of sp³-hybridized carbons (Fsp3) is 0.227. The minimum absolute atomic E-state index is 0.0394. The summed E-state index contributed by atoms with van der Waals surface area (Å²) >= 11 is 0. The Morgan fingerprint density at radius 1 is 1.07 bits per heavy atom. The maximum atomic E-state index is 13.2. The number of aromatic nitrogens is 2. The van der Waals surface area contributed by atoms with Crippen LogP contribution in [-0.4, -0.2) is 32.2 Å². The fourth-order valence-corrected chi connectivity index (χ4v) is 3.74. The normalized spacial score (nSPS) is 17.2. The van der Waals surface area contributed by atoms with E-state index < -0.39 is 11.2 Å². The lowest BCUT2D eigenvalue weighted by Crippen LogP contribution is -2.46. The van der Waals surface area contributed by atoms with Crippen molar-refractivity contribution in [3.05, 3.63) is 93.9 Å². The van der Waals surface area contributed by atoms with Gasteiger partial charge in [-0.25, -0.2) is 0 Å². The second-order valence-electron chi connectivity index (χ2n) is 7.04. The third-order valence-corrected chi connectivity index (χ3v) is 5.27. The Balaban J connectivity index is 1.77. The summed E-state index contributed by atoms with van der Waals surface area (Å²) in [5.41, 5.74) is 1.41. The zero-order chi connectivity index (χ0) is 19.7. The molecule has 1 aliphatic heterocycles. The van der Waals surface area contributed by atoms with Gasteiger partial charge in [-0.15, -0.1) is 0 Å². The summed E-state index contributed by atoms with van der Waals surface area (Å²) < 4.78 is 1.50. The minimum atomic E-state index is -0.646. The number of hydrogen-bond acceptors (Lipinski definition) is 4. The molecule has 0 saturated carbocycles. The number of hydrogen-bond donors (Lipinski definition) is 1. The van der Waals surface area contributed by atoms with Gasteiger partial charge in [0.05, 0.1) is 18.3 Å². The van der Waals surface area contributed by atoms with Crippen molar-refractivity contribution < 1.29 is 9.90 Å². The monoisotopic (exact) mass is 375 g/mol. The highest BCUT2D eigenvalue weighted by molar-refractivity contribution is 5.96. The zero-order valence-electron chi connectivity index (χ0n) is 15.5. The largest absolute Gasteiger partial charge is 0.502 e. The van der Waals surface area contributed by atoms with E-state index in [1.165, 1.54) is 4.68 Å². The molecule has 0 spiro atoms. The first-order valence-corrected chi connectivity index (χ1v) is 9.27. The Hall–Kier alpha value is -3.41. The molecule has 6 heteroatoms. The van der Waals surface area contributed by atoms with Crippen LogP contribution in [0.2, 0.25) is 0 Å². The summed E-state index contributed by atoms with van der Waals surface area (Å²) in [5.74, 6) is -0.925. The van der Waals surface area contributed by atoms with E-state index in [1.807, 2.05) is 67.6 Å². The second kappa shape index (κ2) is 7.31. The van der Waals surface area contributed by atoms with Crippen LogP contribution in [0, 0.1) is 0 Å². The maximum absolute atomic E-state index is 13.2. The highest BCUT2D eigenvalue weighted by atomic mass is 16.3. The molecule has 1 aliphatic rings. The van der Waals surface area contributed by atoms with E-state index in [4.69, 9.17) is 0 Å². The van der Waals surface area contributed by atoms with Crippen LogP contribution in [0.5, 0.6) is 5.75 Å². The van der Waals surface area contributed by atoms with Crippen LogP contribution in [0.25, 0.3) is 0 Å². The molecule has 142 valence electrons. The van der Waals surface area contributed by atoms with Gasteiger partial charge in [0, 0.05) is 6.54 Å². The van der Waals surface area contributed by atoms with E-state index in [2.05, 4.69) is 5.10 Å². The van der Waals surface area contributed by atoms with Gasteiger partial charge in [0.1, 0.15) is 0 Å². The van der Waals surface area contributed by atoms with E-state index in [0.717, 1.165) is 17.3 Å². The van der Waals surface area contributed by atoms with Gasteiger partial charge in [0.2, 0.25) is 5.43 Å². The molecule has 6 nitrogen and oxygen atoms in total. The standard InChI is InChI=1S/C22H21N3O3/c1-15(17-10-6-3-7-11-17)24-14-18(12-16-8-4-2-5-9-16)25-20(22(24)28)21(27)19(26)13-23-25/h2-11,13,15,18,27H,12,14H2,1H3/t15-,18+/m0/s1. The van der Waals surface area contributed by atoms with Gasteiger partial charge < -0.3 is 10.0 Å². The number of aromatic hydroxyl groups is 1. The van der Waals surface area contributed by atoms with Crippen molar-refractivity contribution in [2.24, 2.45) is 0 Å². The molecule has 2 aromatic carbocycles. The van der Waals surface area contributed by atoms with Gasteiger partial charge in [-0.05, 0) is 24.5 Å². The summed E-state index contributed by atoms with van der Waals surface area (Å²) in [5, 5.41) is 14.5. The Morgan fingerprint density at radius 2 is 1.71 bits per heavy atom. The summed E-state index contributed by atoms with van der Waals surface area (Å²) in [6.45, 7) is 2.39. The first-order valence-electron chi connectivity index (χ1n) is 9.27. The van der Waals surface area contributed by atoms with Crippen molar-refractivity contribution in [1.82, 2.24) is 14.7 Å². The molecule has 3 aromatic rings. The number of amides is 1. The fourth-order valence-electron chi connectivity index (χ4n) is 3.74. The van der Waals surface area contributed by atoms with Gasteiger partial charge in [0.15, 0.2) is 11.4 Å². The lowest BCUT2D eigenvalue weighted by molar-refractivity contribution is 0.0562. The van der Waals surface area contributed by atoms with Gasteiger partial charge in [0.25, 0.3) is 5.91 Å². The molecule has 2 atom stereocenters. The van der Waals surface area contributed by atoms with Crippen LogP contribution >= 0.6 is 0 Å². The maximum Gasteiger partial charge on any atom is 0.276 e. The molecule has 0 aliphatic carbocycles. The zero-order valence-corrected chi connectivity index (χ0v) is 15.5. The quantitative estimate of drug-likeness (QED) is 0.761. The van der Waals surface area contributed by atoms with Crippen LogP contribution in [0.4, 0.5) is 0 Å². The molecule has 1 N–H and O–H groups in total. The van der Waals surface area contributed by atoms with E-state index in [9.17, 15) is 14.7 Å². The predicted octanol–water partition coefficient (Wildman–Crippen LogP) is 2.95. The number of rotatable bonds is 4. The molecular weight excluding hydrogens is 354 g/mol. The molecule has 2 heterocycles. The lowest BCUT2D eigenvalue weighted by Gasteiger charge is -2.38. The average molecular weight is 375 g/mol. The van der Waals surface area contributed by atoms with Crippen molar-refractivity contribution in [2.75, 3.05) is 6.54 Å². The van der Waals surface area contributed by atoms with Gasteiger partial charge >= 0.3 is 0 Å². The molecule has 0 fully saturated rings. The van der Waals surface area contributed by atoms with E-state index in [0.29, 0.717) is 13.0 Å². The smallest absolute Gasteiger partial charge is 0.276 e. The first kappa shape index (κ1) is 18.0. The summed E-state index contributed by atoms with van der Waals surface area (Å²) in [6.07, 6.45) is 1.70. The van der Waals surface area contributed by atoms with E-state index in [1.54, 1.807) is 4.90 Å². The highest BCUT2D eigenvalue weighted by Gasteiger charge is 2.37. The van der Waals surface area contributed by atoms with Crippen molar-refractivity contribution in [3.63, 3.8) is 0 Å². The van der Waals surface area contributed by atoms with Crippen LogP contribution in [0.1, 0.15) is 40.6 Å². The molecule has 0 radical (unpaired) electrons. The second-order valence-corrected chi connectivity index (χ2v) is 7.04. The third kappa shape index (κ3) is 3.17. The lowest BCUT2D eigenvalue weighted by atomic mass is 9.99. The Labute approximate surface area is 162 Å². The molecule has 0 saturated heterocycles. The molecule has 1 amide bonds. The first-order chi connectivity index (χ1) is 13.6. The summed E-state index contributed by atoms with van der Waals surface area (Å²) in [6, 6.07) is 19.2. The Morgan fingerprint density at radius 3 is 2.39 bits per heavy atom. The Bertz CT molecular complexity index is 1050. The molecule has 0 unspecified atom stereocenters. The summed E-state index contributed by atoms with van der Waals surface area (Å²) in [7, 11) is 0. The number of fused-ring (bicyclic) bond motifs is 1. The van der Waals surface area contributed by atoms with Crippen LogP contribution < -0.4 is 5.43 Å². The number of benzene rings is 2. The number of nitrogens with zero attached hydrogens (tertiary/aromatic N) is 3. The molecule has 4 rings (SSSR count). The molecule has 28 heavy (non-hydrogen) atoms. The molecular formula is C22H21N3O3. The molecule has 1 aromatic heterocycles.